The van der Waals surface area contributed by atoms with E-state index >= 15 is 0 Å². The second-order valence-electron chi connectivity index (χ2n) is 4.61. The first-order chi connectivity index (χ1) is 7.40. The number of benzene rings is 1. The summed E-state index contributed by atoms with van der Waals surface area (Å²) in [7, 11) is -0.514. The van der Waals surface area contributed by atoms with E-state index in [4.69, 9.17) is 15.0 Å². The van der Waals surface area contributed by atoms with Crippen LogP contribution in [0.1, 0.15) is 20.8 Å². The maximum Gasteiger partial charge on any atom is 0.494 e. The van der Waals surface area contributed by atoms with Crippen LogP contribution in [0.5, 0.6) is 0 Å². The van der Waals surface area contributed by atoms with Crippen LogP contribution in [-0.2, 0) is 9.31 Å². The molecule has 1 aliphatic rings. The zero-order chi connectivity index (χ0) is 11.9. The third kappa shape index (κ3) is 1.93. The van der Waals surface area contributed by atoms with E-state index in [9.17, 15) is 4.39 Å². The van der Waals surface area contributed by atoms with Crippen molar-refractivity contribution in [2.45, 2.75) is 32.5 Å². The quantitative estimate of drug-likeness (QED) is 0.576. The van der Waals surface area contributed by atoms with E-state index in [0.717, 1.165) is 0 Å². The predicted molar refractivity (Wildman–Crippen MR) is 61.9 cm³/mol. The molecule has 0 bridgehead atoms. The van der Waals surface area contributed by atoms with Crippen molar-refractivity contribution < 1.29 is 13.7 Å². The molecule has 1 atom stereocenters. The standard InChI is InChI=1S/C11H15BFNO2/c1-7-11(2,3)16-12(15-7)8-4-5-10(14)9(13)6-8/h4-7H,14H2,1-3H3. The summed E-state index contributed by atoms with van der Waals surface area (Å²) in [5.74, 6) is -0.443. The van der Waals surface area contributed by atoms with Gasteiger partial charge in [-0.15, -0.1) is 0 Å². The first-order valence-electron chi connectivity index (χ1n) is 5.28. The minimum atomic E-state index is -0.514. The summed E-state index contributed by atoms with van der Waals surface area (Å²) in [6.07, 6.45) is -0.0295. The van der Waals surface area contributed by atoms with Crippen LogP contribution in [0.4, 0.5) is 10.1 Å². The van der Waals surface area contributed by atoms with Gasteiger partial charge >= 0.3 is 7.12 Å². The first kappa shape index (κ1) is 11.4. The summed E-state index contributed by atoms with van der Waals surface area (Å²) in [5.41, 5.74) is 5.84. The van der Waals surface area contributed by atoms with Crippen molar-refractivity contribution in [3.8, 4) is 0 Å². The number of nitrogens with two attached hydrogens (primary N) is 1. The Hall–Kier alpha value is -1.07. The van der Waals surface area contributed by atoms with Gasteiger partial charge in [0, 0.05) is 0 Å². The normalized spacial score (nSPS) is 23.8. The molecule has 1 unspecified atom stereocenters. The van der Waals surface area contributed by atoms with E-state index < -0.39 is 12.9 Å². The predicted octanol–water partition coefficient (Wildman–Crippen LogP) is 1.32. The van der Waals surface area contributed by atoms with Crippen LogP contribution in [0.3, 0.4) is 0 Å². The second kappa shape index (κ2) is 3.75. The summed E-state index contributed by atoms with van der Waals surface area (Å²) in [6, 6.07) is 4.60. The maximum absolute atomic E-state index is 13.3. The molecule has 0 spiro atoms. The van der Waals surface area contributed by atoms with E-state index in [1.807, 2.05) is 20.8 Å². The molecule has 0 aromatic heterocycles. The molecule has 1 aliphatic heterocycles. The minimum absolute atomic E-state index is 0.0295. The van der Waals surface area contributed by atoms with Gasteiger partial charge in [0.1, 0.15) is 5.82 Å². The Labute approximate surface area is 94.9 Å². The summed E-state index contributed by atoms with van der Waals surface area (Å²) in [5, 5.41) is 0. The van der Waals surface area contributed by atoms with E-state index in [1.54, 1.807) is 6.07 Å². The molecule has 1 fully saturated rings. The van der Waals surface area contributed by atoms with E-state index in [0.29, 0.717) is 5.46 Å². The third-order valence-electron chi connectivity index (χ3n) is 3.01. The molecule has 0 radical (unpaired) electrons. The molecule has 0 amide bonds. The van der Waals surface area contributed by atoms with Gasteiger partial charge in [0.25, 0.3) is 0 Å². The average molecular weight is 223 g/mol. The first-order valence-corrected chi connectivity index (χ1v) is 5.28. The number of hydrogen-bond donors (Lipinski definition) is 1. The van der Waals surface area contributed by atoms with Gasteiger partial charge in [0.2, 0.25) is 0 Å². The fourth-order valence-electron chi connectivity index (χ4n) is 1.59. The summed E-state index contributed by atoms with van der Waals surface area (Å²) in [4.78, 5) is 0. The number of rotatable bonds is 1. The molecule has 1 heterocycles. The molecule has 0 aliphatic carbocycles. The van der Waals surface area contributed by atoms with Gasteiger partial charge in [-0.2, -0.15) is 0 Å². The molecule has 2 N–H and O–H groups in total. The fourth-order valence-corrected chi connectivity index (χ4v) is 1.59. The summed E-state index contributed by atoms with van der Waals surface area (Å²) < 4.78 is 24.6. The Morgan fingerprint density at radius 3 is 2.62 bits per heavy atom. The summed E-state index contributed by atoms with van der Waals surface area (Å²) in [6.45, 7) is 5.84. The van der Waals surface area contributed by atoms with Crippen LogP contribution in [0.25, 0.3) is 0 Å². The monoisotopic (exact) mass is 223 g/mol. The molecule has 86 valence electrons. The number of hydrogen-bond acceptors (Lipinski definition) is 3. The van der Waals surface area contributed by atoms with Crippen LogP contribution in [-0.4, -0.2) is 18.8 Å². The zero-order valence-electron chi connectivity index (χ0n) is 9.66. The topological polar surface area (TPSA) is 44.5 Å². The lowest BCUT2D eigenvalue weighted by Crippen LogP contribution is -2.35. The fraction of sp³-hybridized carbons (Fsp3) is 0.455. The van der Waals surface area contributed by atoms with E-state index in [-0.39, 0.29) is 17.4 Å². The molecule has 1 saturated heterocycles. The molecule has 1 aromatic carbocycles. The van der Waals surface area contributed by atoms with E-state index in [2.05, 4.69) is 0 Å². The van der Waals surface area contributed by atoms with Crippen molar-refractivity contribution in [3.63, 3.8) is 0 Å². The van der Waals surface area contributed by atoms with Crippen molar-refractivity contribution in [3.05, 3.63) is 24.0 Å². The van der Waals surface area contributed by atoms with Gasteiger partial charge in [0.15, 0.2) is 0 Å². The maximum atomic E-state index is 13.3. The summed E-state index contributed by atoms with van der Waals surface area (Å²) >= 11 is 0. The lowest BCUT2D eigenvalue weighted by molar-refractivity contribution is 0.0842. The average Bonchev–Trinajstić information content (AvgIpc) is 2.46. The Bertz CT molecular complexity index is 411. The molecule has 16 heavy (non-hydrogen) atoms. The number of halogens is 1. The van der Waals surface area contributed by atoms with Crippen molar-refractivity contribution in [2.24, 2.45) is 0 Å². The number of anilines is 1. The van der Waals surface area contributed by atoms with Crippen LogP contribution in [0, 0.1) is 5.82 Å². The van der Waals surface area contributed by atoms with Crippen molar-refractivity contribution >= 4 is 18.3 Å². The Balaban J connectivity index is 2.24. The highest BCUT2D eigenvalue weighted by atomic mass is 19.1. The highest BCUT2D eigenvalue weighted by molar-refractivity contribution is 6.62. The SMILES string of the molecule is CC1OB(c2ccc(N)c(F)c2)OC1(C)C. The molecule has 3 nitrogen and oxygen atoms in total. The molecule has 2 rings (SSSR count). The van der Waals surface area contributed by atoms with Crippen molar-refractivity contribution in [2.75, 3.05) is 5.73 Å². The minimum Gasteiger partial charge on any atom is -0.402 e. The van der Waals surface area contributed by atoms with Gasteiger partial charge in [0.05, 0.1) is 17.4 Å². The molecular weight excluding hydrogens is 208 g/mol. The number of nitrogen functional groups attached to an aromatic ring is 1. The molecule has 1 aromatic rings. The zero-order valence-corrected chi connectivity index (χ0v) is 9.66. The smallest absolute Gasteiger partial charge is 0.402 e. The Morgan fingerprint density at radius 1 is 1.44 bits per heavy atom. The highest BCUT2D eigenvalue weighted by Crippen LogP contribution is 2.26. The lowest BCUT2D eigenvalue weighted by Gasteiger charge is -2.21. The van der Waals surface area contributed by atoms with Crippen LogP contribution >= 0.6 is 0 Å². The van der Waals surface area contributed by atoms with Gasteiger partial charge in [-0.1, -0.05) is 6.07 Å². The molecule has 5 heteroatoms. The van der Waals surface area contributed by atoms with Crippen LogP contribution < -0.4 is 11.2 Å². The van der Waals surface area contributed by atoms with Gasteiger partial charge < -0.3 is 15.0 Å². The van der Waals surface area contributed by atoms with Gasteiger partial charge in [-0.3, -0.25) is 0 Å². The second-order valence-corrected chi connectivity index (χ2v) is 4.61. The van der Waals surface area contributed by atoms with Crippen LogP contribution in [0.2, 0.25) is 0 Å². The van der Waals surface area contributed by atoms with E-state index in [1.165, 1.54) is 12.1 Å². The Morgan fingerprint density at radius 2 is 2.12 bits per heavy atom. The Kier molecular flexibility index (Phi) is 2.68. The van der Waals surface area contributed by atoms with Crippen molar-refractivity contribution in [1.82, 2.24) is 0 Å². The molecular formula is C11H15BFNO2. The lowest BCUT2D eigenvalue weighted by atomic mass is 9.79. The van der Waals surface area contributed by atoms with Gasteiger partial charge in [-0.05, 0) is 38.4 Å². The van der Waals surface area contributed by atoms with Crippen LogP contribution in [0.15, 0.2) is 18.2 Å². The molecule has 0 saturated carbocycles. The highest BCUT2D eigenvalue weighted by Gasteiger charge is 2.43. The third-order valence-corrected chi connectivity index (χ3v) is 3.01. The van der Waals surface area contributed by atoms with Gasteiger partial charge in [-0.25, -0.2) is 4.39 Å². The van der Waals surface area contributed by atoms with Crippen molar-refractivity contribution in [1.29, 1.82) is 0 Å². The largest absolute Gasteiger partial charge is 0.494 e.